The first-order chi connectivity index (χ1) is 11.2. The summed E-state index contributed by atoms with van der Waals surface area (Å²) in [6.07, 6.45) is 7.22. The first-order valence-electron chi connectivity index (χ1n) is 9.54. The van der Waals surface area contributed by atoms with Crippen molar-refractivity contribution in [2.45, 2.75) is 64.5 Å². The van der Waals surface area contributed by atoms with E-state index in [0.29, 0.717) is 0 Å². The van der Waals surface area contributed by atoms with Gasteiger partial charge in [0.1, 0.15) is 0 Å². The number of nitrogens with zero attached hydrogens (tertiary/aromatic N) is 2. The molecule has 5 nitrogen and oxygen atoms in total. The molecule has 1 aliphatic heterocycles. The number of ether oxygens (including phenoxy) is 1. The van der Waals surface area contributed by atoms with Crippen LogP contribution in [0.2, 0.25) is 0 Å². The first kappa shape index (κ1) is 18.7. The molecule has 2 fully saturated rings. The van der Waals surface area contributed by atoms with Crippen LogP contribution in [0.4, 0.5) is 0 Å². The maximum absolute atomic E-state index is 12.2. The standard InChI is InChI=1S/C18H35N3O2/c1-3-5-10-20-11-13-21(14-12-20)17(18(19)22)15-8-6-7-9-16(15)23-4-2/h15-17H,3-14H2,1-2H3,(H2,19,22)/t15-,16+,17?/m1/s1. The van der Waals surface area contributed by atoms with E-state index in [1.807, 2.05) is 6.92 Å². The van der Waals surface area contributed by atoms with Crippen LogP contribution >= 0.6 is 0 Å². The third-order valence-electron chi connectivity index (χ3n) is 5.46. The summed E-state index contributed by atoms with van der Waals surface area (Å²) in [4.78, 5) is 17.1. The number of carbonyl (C=O) groups excluding carboxylic acids is 1. The maximum Gasteiger partial charge on any atom is 0.235 e. The van der Waals surface area contributed by atoms with Gasteiger partial charge in [0, 0.05) is 38.7 Å². The number of piperazine rings is 1. The molecule has 1 amide bonds. The van der Waals surface area contributed by atoms with Gasteiger partial charge < -0.3 is 15.4 Å². The highest BCUT2D eigenvalue weighted by atomic mass is 16.5. The number of primary amides is 1. The minimum Gasteiger partial charge on any atom is -0.378 e. The molecule has 3 atom stereocenters. The molecule has 1 heterocycles. The van der Waals surface area contributed by atoms with E-state index in [1.54, 1.807) is 0 Å². The Morgan fingerprint density at radius 3 is 2.48 bits per heavy atom. The van der Waals surface area contributed by atoms with E-state index in [2.05, 4.69) is 16.7 Å². The Morgan fingerprint density at radius 1 is 1.17 bits per heavy atom. The van der Waals surface area contributed by atoms with Gasteiger partial charge >= 0.3 is 0 Å². The molecular formula is C18H35N3O2. The molecule has 1 saturated heterocycles. The lowest BCUT2D eigenvalue weighted by atomic mass is 9.80. The van der Waals surface area contributed by atoms with Crippen LogP contribution in [0.5, 0.6) is 0 Å². The van der Waals surface area contributed by atoms with Gasteiger partial charge in [-0.25, -0.2) is 0 Å². The van der Waals surface area contributed by atoms with E-state index in [9.17, 15) is 4.79 Å². The molecule has 5 heteroatoms. The van der Waals surface area contributed by atoms with Gasteiger partial charge in [-0.1, -0.05) is 26.2 Å². The molecule has 0 aromatic rings. The lowest BCUT2D eigenvalue weighted by Crippen LogP contribution is -2.59. The first-order valence-corrected chi connectivity index (χ1v) is 9.54. The SMILES string of the molecule is CCCCN1CCN(C(C(N)=O)[C@@H]2CCCC[C@@H]2OCC)CC1. The van der Waals surface area contributed by atoms with Gasteiger partial charge in [-0.05, 0) is 32.7 Å². The third-order valence-corrected chi connectivity index (χ3v) is 5.46. The van der Waals surface area contributed by atoms with Crippen LogP contribution < -0.4 is 5.73 Å². The Bertz CT molecular complexity index is 354. The number of carbonyl (C=O) groups is 1. The fourth-order valence-electron chi connectivity index (χ4n) is 4.22. The highest BCUT2D eigenvalue weighted by Gasteiger charge is 2.39. The number of hydrogen-bond acceptors (Lipinski definition) is 4. The Balaban J connectivity index is 1.97. The smallest absolute Gasteiger partial charge is 0.235 e. The number of amides is 1. The molecule has 0 aromatic heterocycles. The second kappa shape index (κ2) is 9.60. The molecule has 134 valence electrons. The number of hydrogen-bond donors (Lipinski definition) is 1. The molecule has 0 aromatic carbocycles. The zero-order valence-corrected chi connectivity index (χ0v) is 15.0. The van der Waals surface area contributed by atoms with Crippen molar-refractivity contribution in [1.82, 2.24) is 9.80 Å². The number of nitrogens with two attached hydrogens (primary N) is 1. The molecule has 1 aliphatic carbocycles. The van der Waals surface area contributed by atoms with Crippen molar-refractivity contribution in [1.29, 1.82) is 0 Å². The monoisotopic (exact) mass is 325 g/mol. The van der Waals surface area contributed by atoms with Gasteiger partial charge in [-0.2, -0.15) is 0 Å². The van der Waals surface area contributed by atoms with Gasteiger partial charge in [-0.15, -0.1) is 0 Å². The second-order valence-electron chi connectivity index (χ2n) is 7.02. The highest BCUT2D eigenvalue weighted by molar-refractivity contribution is 5.80. The van der Waals surface area contributed by atoms with Gasteiger partial charge in [0.2, 0.25) is 5.91 Å². The molecule has 2 rings (SSSR count). The maximum atomic E-state index is 12.2. The average Bonchev–Trinajstić information content (AvgIpc) is 2.56. The van der Waals surface area contributed by atoms with Crippen LogP contribution in [-0.2, 0) is 9.53 Å². The summed E-state index contributed by atoms with van der Waals surface area (Å²) in [6, 6.07) is -0.153. The molecule has 2 aliphatic rings. The summed E-state index contributed by atoms with van der Waals surface area (Å²) in [7, 11) is 0. The fourth-order valence-corrected chi connectivity index (χ4v) is 4.22. The van der Waals surface area contributed by atoms with Crippen molar-refractivity contribution in [2.24, 2.45) is 11.7 Å². The van der Waals surface area contributed by atoms with E-state index in [1.165, 1.54) is 32.2 Å². The summed E-state index contributed by atoms with van der Waals surface area (Å²) in [5.74, 6) is 0.104. The van der Waals surface area contributed by atoms with Crippen LogP contribution in [-0.4, -0.2) is 67.2 Å². The molecular weight excluding hydrogens is 290 g/mol. The van der Waals surface area contributed by atoms with Gasteiger partial charge in [-0.3, -0.25) is 9.69 Å². The topological polar surface area (TPSA) is 58.8 Å². The van der Waals surface area contributed by atoms with Crippen LogP contribution in [0.3, 0.4) is 0 Å². The summed E-state index contributed by atoms with van der Waals surface area (Å²) in [5, 5.41) is 0. The summed E-state index contributed by atoms with van der Waals surface area (Å²) in [6.45, 7) is 10.2. The lowest BCUT2D eigenvalue weighted by Gasteiger charge is -2.44. The molecule has 0 bridgehead atoms. The second-order valence-corrected chi connectivity index (χ2v) is 7.02. The zero-order chi connectivity index (χ0) is 16.7. The Kier molecular flexibility index (Phi) is 7.80. The van der Waals surface area contributed by atoms with Crippen molar-refractivity contribution < 1.29 is 9.53 Å². The molecule has 23 heavy (non-hydrogen) atoms. The van der Waals surface area contributed by atoms with Crippen LogP contribution in [0.15, 0.2) is 0 Å². The quantitative estimate of drug-likeness (QED) is 0.740. The van der Waals surface area contributed by atoms with Gasteiger partial charge in [0.05, 0.1) is 12.1 Å². The Hall–Kier alpha value is -0.650. The minimum absolute atomic E-state index is 0.153. The lowest BCUT2D eigenvalue weighted by molar-refractivity contribution is -0.131. The van der Waals surface area contributed by atoms with Crippen molar-refractivity contribution in [2.75, 3.05) is 39.3 Å². The van der Waals surface area contributed by atoms with E-state index >= 15 is 0 Å². The molecule has 0 spiro atoms. The van der Waals surface area contributed by atoms with Crippen LogP contribution in [0, 0.1) is 5.92 Å². The molecule has 1 unspecified atom stereocenters. The number of unbranched alkanes of at least 4 members (excludes halogenated alkanes) is 1. The fraction of sp³-hybridized carbons (Fsp3) is 0.944. The van der Waals surface area contributed by atoms with E-state index in [4.69, 9.17) is 10.5 Å². The van der Waals surface area contributed by atoms with E-state index in [-0.39, 0.29) is 24.0 Å². The predicted molar refractivity (Wildman–Crippen MR) is 93.3 cm³/mol. The normalized spacial score (nSPS) is 28.6. The molecule has 1 saturated carbocycles. The van der Waals surface area contributed by atoms with E-state index < -0.39 is 0 Å². The summed E-state index contributed by atoms with van der Waals surface area (Å²) >= 11 is 0. The van der Waals surface area contributed by atoms with Crippen molar-refractivity contribution in [3.63, 3.8) is 0 Å². The minimum atomic E-state index is -0.163. The highest BCUT2D eigenvalue weighted by Crippen LogP contribution is 2.32. The summed E-state index contributed by atoms with van der Waals surface area (Å²) < 4.78 is 5.95. The number of rotatable bonds is 8. The molecule has 2 N–H and O–H groups in total. The largest absolute Gasteiger partial charge is 0.378 e. The Morgan fingerprint density at radius 2 is 1.87 bits per heavy atom. The van der Waals surface area contributed by atoms with E-state index in [0.717, 1.165) is 45.6 Å². The van der Waals surface area contributed by atoms with Crippen LogP contribution in [0.1, 0.15) is 52.4 Å². The predicted octanol–water partition coefficient (Wildman–Crippen LogP) is 1.85. The van der Waals surface area contributed by atoms with Gasteiger partial charge in [0.25, 0.3) is 0 Å². The van der Waals surface area contributed by atoms with Crippen LogP contribution in [0.25, 0.3) is 0 Å². The zero-order valence-electron chi connectivity index (χ0n) is 15.0. The van der Waals surface area contributed by atoms with Crippen molar-refractivity contribution in [3.05, 3.63) is 0 Å². The third kappa shape index (κ3) is 5.16. The summed E-state index contributed by atoms with van der Waals surface area (Å²) in [5.41, 5.74) is 5.82. The van der Waals surface area contributed by atoms with Gasteiger partial charge in [0.15, 0.2) is 0 Å². The van der Waals surface area contributed by atoms with Crippen molar-refractivity contribution >= 4 is 5.91 Å². The Labute approximate surface area is 141 Å². The average molecular weight is 325 g/mol. The van der Waals surface area contributed by atoms with Crippen molar-refractivity contribution in [3.8, 4) is 0 Å². The molecule has 0 radical (unpaired) electrons.